The van der Waals surface area contributed by atoms with Gasteiger partial charge in [-0.3, -0.25) is 19.3 Å². The van der Waals surface area contributed by atoms with Gasteiger partial charge in [-0.1, -0.05) is 17.7 Å². The first-order chi connectivity index (χ1) is 17.8. The molecule has 11 heteroatoms. The molecule has 0 atom stereocenters. The lowest BCUT2D eigenvalue weighted by atomic mass is 10.1. The topological polar surface area (TPSA) is 106 Å². The summed E-state index contributed by atoms with van der Waals surface area (Å²) in [5.74, 6) is -0.860. The summed E-state index contributed by atoms with van der Waals surface area (Å²) >= 11 is 8.38. The minimum absolute atomic E-state index is 0.131. The van der Waals surface area contributed by atoms with Gasteiger partial charge in [-0.25, -0.2) is 4.79 Å². The van der Waals surface area contributed by atoms with Gasteiger partial charge in [0.1, 0.15) is 18.1 Å². The fourth-order valence-electron chi connectivity index (χ4n) is 3.44. The predicted molar refractivity (Wildman–Crippen MR) is 145 cm³/mol. The Hall–Kier alpha value is -3.47. The van der Waals surface area contributed by atoms with Crippen molar-refractivity contribution in [3.8, 4) is 11.3 Å². The minimum atomic E-state index is -0.586. The summed E-state index contributed by atoms with van der Waals surface area (Å²) in [4.78, 5) is 51.9. The first-order valence-corrected chi connectivity index (χ1v) is 13.5. The van der Waals surface area contributed by atoms with Gasteiger partial charge in [0.25, 0.3) is 11.1 Å². The molecule has 1 N–H and O–H groups in total. The first-order valence-electron chi connectivity index (χ1n) is 11.0. The molecule has 1 aliphatic heterocycles. The summed E-state index contributed by atoms with van der Waals surface area (Å²) in [7, 11) is 0. The SMILES string of the molecule is CCOC(=O)c1cc(-c2ccc(/C=C3/SC(=O)N(CC(=O)Nc4cccc(SC)c4)C3=O)o2)ccc1Cl. The van der Waals surface area contributed by atoms with E-state index in [2.05, 4.69) is 5.32 Å². The lowest BCUT2D eigenvalue weighted by Crippen LogP contribution is -2.36. The van der Waals surface area contributed by atoms with E-state index in [4.69, 9.17) is 20.8 Å². The first kappa shape index (κ1) is 26.6. The van der Waals surface area contributed by atoms with Crippen molar-refractivity contribution in [2.24, 2.45) is 0 Å². The van der Waals surface area contributed by atoms with Crippen LogP contribution in [-0.2, 0) is 14.3 Å². The average Bonchev–Trinajstić information content (AvgIpc) is 3.44. The monoisotopic (exact) mass is 556 g/mol. The van der Waals surface area contributed by atoms with E-state index in [0.29, 0.717) is 22.8 Å². The number of ether oxygens (including phenoxy) is 1. The van der Waals surface area contributed by atoms with E-state index in [1.54, 1.807) is 49.4 Å². The number of carbonyl (C=O) groups excluding carboxylic acids is 4. The number of amides is 3. The highest BCUT2D eigenvalue weighted by atomic mass is 35.5. The molecule has 4 rings (SSSR count). The van der Waals surface area contributed by atoms with Gasteiger partial charge in [-0.2, -0.15) is 0 Å². The molecule has 0 spiro atoms. The molecule has 8 nitrogen and oxygen atoms in total. The molecule has 0 bridgehead atoms. The van der Waals surface area contributed by atoms with Crippen molar-refractivity contribution in [1.29, 1.82) is 0 Å². The van der Waals surface area contributed by atoms with Crippen molar-refractivity contribution in [3.63, 3.8) is 0 Å². The molecule has 2 aromatic carbocycles. The second-order valence-corrected chi connectivity index (χ2v) is 9.95. The lowest BCUT2D eigenvalue weighted by Gasteiger charge is -2.12. The molecule has 0 saturated carbocycles. The van der Waals surface area contributed by atoms with Crippen LogP contribution in [0.2, 0.25) is 5.02 Å². The van der Waals surface area contributed by atoms with Gasteiger partial charge < -0.3 is 14.5 Å². The number of nitrogens with zero attached hydrogens (tertiary/aromatic N) is 1. The Balaban J connectivity index is 1.46. The van der Waals surface area contributed by atoms with Crippen molar-refractivity contribution in [2.75, 3.05) is 24.7 Å². The number of imide groups is 1. The number of anilines is 1. The predicted octanol–water partition coefficient (Wildman–Crippen LogP) is 6.17. The van der Waals surface area contributed by atoms with Gasteiger partial charge in [-0.15, -0.1) is 11.8 Å². The molecular formula is C26H21ClN2O6S2. The van der Waals surface area contributed by atoms with E-state index in [1.807, 2.05) is 18.4 Å². The smallest absolute Gasteiger partial charge is 0.339 e. The van der Waals surface area contributed by atoms with Crippen LogP contribution in [0.3, 0.4) is 0 Å². The number of rotatable bonds is 8. The molecule has 1 aromatic heterocycles. The molecule has 1 saturated heterocycles. The van der Waals surface area contributed by atoms with Gasteiger partial charge in [0, 0.05) is 22.2 Å². The molecule has 0 unspecified atom stereocenters. The Morgan fingerprint density at radius 2 is 1.97 bits per heavy atom. The Morgan fingerprint density at radius 3 is 2.73 bits per heavy atom. The molecule has 37 heavy (non-hydrogen) atoms. The largest absolute Gasteiger partial charge is 0.462 e. The number of hydrogen-bond donors (Lipinski definition) is 1. The number of hydrogen-bond acceptors (Lipinski definition) is 8. The van der Waals surface area contributed by atoms with Crippen LogP contribution in [0.5, 0.6) is 0 Å². The Bertz CT molecular complexity index is 1420. The third-order valence-electron chi connectivity index (χ3n) is 5.18. The number of nitrogens with one attached hydrogen (secondary N) is 1. The zero-order valence-electron chi connectivity index (χ0n) is 19.8. The van der Waals surface area contributed by atoms with Crippen LogP contribution in [0.25, 0.3) is 17.4 Å². The highest BCUT2D eigenvalue weighted by Crippen LogP contribution is 2.34. The molecule has 2 heterocycles. The summed E-state index contributed by atoms with van der Waals surface area (Å²) in [5, 5.41) is 2.41. The molecule has 190 valence electrons. The zero-order valence-corrected chi connectivity index (χ0v) is 22.2. The maximum atomic E-state index is 12.8. The summed E-state index contributed by atoms with van der Waals surface area (Å²) < 4.78 is 10.8. The summed E-state index contributed by atoms with van der Waals surface area (Å²) in [5.41, 5.74) is 1.37. The molecule has 0 radical (unpaired) electrons. The van der Waals surface area contributed by atoms with Crippen molar-refractivity contribution in [1.82, 2.24) is 4.90 Å². The molecule has 3 amide bonds. The van der Waals surface area contributed by atoms with Gasteiger partial charge in [0.15, 0.2) is 0 Å². The van der Waals surface area contributed by atoms with E-state index < -0.39 is 29.6 Å². The second-order valence-electron chi connectivity index (χ2n) is 7.67. The molecule has 0 aliphatic carbocycles. The number of halogens is 1. The van der Waals surface area contributed by atoms with Crippen LogP contribution in [0.15, 0.2) is 68.8 Å². The number of furan rings is 1. The molecular weight excluding hydrogens is 536 g/mol. The van der Waals surface area contributed by atoms with Crippen LogP contribution >= 0.6 is 35.1 Å². The van der Waals surface area contributed by atoms with E-state index in [0.717, 1.165) is 21.6 Å². The summed E-state index contributed by atoms with van der Waals surface area (Å²) in [6, 6.07) is 15.4. The van der Waals surface area contributed by atoms with Crippen LogP contribution in [-0.4, -0.2) is 47.3 Å². The lowest BCUT2D eigenvalue weighted by molar-refractivity contribution is -0.127. The maximum Gasteiger partial charge on any atom is 0.339 e. The normalized spacial score (nSPS) is 14.4. The molecule has 3 aromatic rings. The minimum Gasteiger partial charge on any atom is -0.462 e. The third kappa shape index (κ3) is 6.27. The standard InChI is InChI=1S/C26H21ClN2O6S2/c1-3-34-25(32)19-11-15(7-9-20(19)27)21-10-8-17(35-21)13-22-24(31)29(26(33)37-22)14-23(30)28-16-5-4-6-18(12-16)36-2/h4-13H,3,14H2,1-2H3,(H,28,30)/b22-13+. The third-order valence-corrected chi connectivity index (χ3v) is 7.14. The summed E-state index contributed by atoms with van der Waals surface area (Å²) in [6.07, 6.45) is 3.36. The van der Waals surface area contributed by atoms with Gasteiger partial charge in [0.2, 0.25) is 5.91 Å². The Morgan fingerprint density at radius 1 is 1.16 bits per heavy atom. The van der Waals surface area contributed by atoms with E-state index in [-0.39, 0.29) is 22.1 Å². The highest BCUT2D eigenvalue weighted by molar-refractivity contribution is 8.18. The fourth-order valence-corrected chi connectivity index (χ4v) is 4.91. The van der Waals surface area contributed by atoms with E-state index in [1.165, 1.54) is 17.8 Å². The van der Waals surface area contributed by atoms with Crippen molar-refractivity contribution in [3.05, 3.63) is 75.8 Å². The van der Waals surface area contributed by atoms with Gasteiger partial charge in [0.05, 0.1) is 22.1 Å². The molecule has 1 fully saturated rings. The summed E-state index contributed by atoms with van der Waals surface area (Å²) in [6.45, 7) is 1.51. The maximum absolute atomic E-state index is 12.8. The highest BCUT2D eigenvalue weighted by Gasteiger charge is 2.36. The quantitative estimate of drug-likeness (QED) is 0.199. The average molecular weight is 557 g/mol. The zero-order chi connectivity index (χ0) is 26.5. The van der Waals surface area contributed by atoms with Gasteiger partial charge in [-0.05, 0) is 73.5 Å². The van der Waals surface area contributed by atoms with E-state index >= 15 is 0 Å². The number of carbonyl (C=O) groups is 4. The van der Waals surface area contributed by atoms with Crippen molar-refractivity contribution in [2.45, 2.75) is 11.8 Å². The van der Waals surface area contributed by atoms with E-state index in [9.17, 15) is 19.2 Å². The van der Waals surface area contributed by atoms with Crippen LogP contribution in [0.1, 0.15) is 23.0 Å². The number of esters is 1. The van der Waals surface area contributed by atoms with Crippen LogP contribution in [0.4, 0.5) is 10.5 Å². The number of thioether (sulfide) groups is 2. The van der Waals surface area contributed by atoms with Crippen molar-refractivity contribution >= 4 is 69.9 Å². The van der Waals surface area contributed by atoms with Gasteiger partial charge >= 0.3 is 5.97 Å². The fraction of sp³-hybridized carbons (Fsp3) is 0.154. The number of benzene rings is 2. The van der Waals surface area contributed by atoms with Crippen LogP contribution in [0, 0.1) is 0 Å². The Kier molecular flexibility index (Phi) is 8.42. The Labute approximate surface area is 226 Å². The van der Waals surface area contributed by atoms with Crippen LogP contribution < -0.4 is 5.32 Å². The van der Waals surface area contributed by atoms with Crippen molar-refractivity contribution < 1.29 is 28.3 Å². The second kappa shape index (κ2) is 11.7. The molecule has 1 aliphatic rings.